The molecular weight excluding hydrogens is 413 g/mol. The Bertz CT molecular complexity index is 488. The van der Waals surface area contributed by atoms with Crippen molar-refractivity contribution in [2.45, 2.75) is 13.8 Å². The van der Waals surface area contributed by atoms with Crippen molar-refractivity contribution >= 4 is 50.4 Å². The molecule has 0 aromatic heterocycles. The molecule has 0 unspecified atom stereocenters. The number of carboxylic acids is 1. The third kappa shape index (κ3) is 3.94. The molecule has 1 rings (SSSR count). The van der Waals surface area contributed by atoms with Crippen LogP contribution >= 0.6 is 38.5 Å². The van der Waals surface area contributed by atoms with E-state index in [2.05, 4.69) is 43.8 Å². The molecule has 0 aliphatic carbocycles. The highest BCUT2D eigenvalue weighted by molar-refractivity contribution is 14.1. The summed E-state index contributed by atoms with van der Waals surface area (Å²) in [6.45, 7) is 3.22. The minimum absolute atomic E-state index is 0.0824. The number of benzene rings is 1. The minimum atomic E-state index is -0.982. The summed E-state index contributed by atoms with van der Waals surface area (Å²) < 4.78 is 1.63. The Morgan fingerprint density at radius 3 is 2.61 bits per heavy atom. The molecular formula is C12H13BrINO3. The summed E-state index contributed by atoms with van der Waals surface area (Å²) in [6.07, 6.45) is 0. The van der Waals surface area contributed by atoms with Gasteiger partial charge in [-0.15, -0.1) is 0 Å². The van der Waals surface area contributed by atoms with E-state index in [-0.39, 0.29) is 12.5 Å². The van der Waals surface area contributed by atoms with Crippen LogP contribution in [0.2, 0.25) is 0 Å². The van der Waals surface area contributed by atoms with E-state index < -0.39 is 11.4 Å². The van der Waals surface area contributed by atoms with E-state index in [4.69, 9.17) is 5.11 Å². The summed E-state index contributed by atoms with van der Waals surface area (Å²) in [5, 5.41) is 11.6. The van der Waals surface area contributed by atoms with Crippen molar-refractivity contribution in [2.24, 2.45) is 5.41 Å². The van der Waals surface area contributed by atoms with Gasteiger partial charge in [0.1, 0.15) is 0 Å². The van der Waals surface area contributed by atoms with Gasteiger partial charge in [-0.1, -0.05) is 0 Å². The SMILES string of the molecule is CC(C)(CNC(=O)c1cc(I)ccc1Br)C(=O)O. The number of hydrogen-bond donors (Lipinski definition) is 2. The summed E-state index contributed by atoms with van der Waals surface area (Å²) in [6, 6.07) is 5.41. The second-order valence-electron chi connectivity index (χ2n) is 4.50. The molecule has 1 aromatic rings. The van der Waals surface area contributed by atoms with Crippen molar-refractivity contribution in [2.75, 3.05) is 6.54 Å². The molecule has 1 aromatic carbocycles. The Hall–Kier alpha value is -0.630. The van der Waals surface area contributed by atoms with Gasteiger partial charge < -0.3 is 10.4 Å². The third-order valence-corrected chi connectivity index (χ3v) is 3.81. The van der Waals surface area contributed by atoms with Gasteiger partial charge in [0.25, 0.3) is 5.91 Å². The van der Waals surface area contributed by atoms with Gasteiger partial charge in [-0.05, 0) is 70.6 Å². The van der Waals surface area contributed by atoms with Gasteiger partial charge in [0.15, 0.2) is 0 Å². The summed E-state index contributed by atoms with van der Waals surface area (Å²) >= 11 is 5.42. The van der Waals surface area contributed by atoms with Crippen LogP contribution in [0.25, 0.3) is 0 Å². The molecule has 0 atom stereocenters. The largest absolute Gasteiger partial charge is 0.481 e. The molecule has 4 nitrogen and oxygen atoms in total. The molecule has 0 aliphatic heterocycles. The van der Waals surface area contributed by atoms with E-state index in [1.807, 2.05) is 6.07 Å². The number of carbonyl (C=O) groups excluding carboxylic acids is 1. The Balaban J connectivity index is 2.78. The standard InChI is InChI=1S/C12H13BrINO3/c1-12(2,11(17)18)6-15-10(16)8-5-7(14)3-4-9(8)13/h3-5H,6H2,1-2H3,(H,15,16)(H,17,18). The Kier molecular flexibility index (Phi) is 5.15. The van der Waals surface area contributed by atoms with Gasteiger partial charge in [0, 0.05) is 14.6 Å². The van der Waals surface area contributed by atoms with E-state index in [0.717, 1.165) is 3.57 Å². The fraction of sp³-hybridized carbons (Fsp3) is 0.333. The zero-order valence-corrected chi connectivity index (χ0v) is 13.7. The topological polar surface area (TPSA) is 66.4 Å². The Morgan fingerprint density at radius 2 is 2.06 bits per heavy atom. The maximum absolute atomic E-state index is 11.9. The van der Waals surface area contributed by atoms with Gasteiger partial charge in [0.05, 0.1) is 11.0 Å². The van der Waals surface area contributed by atoms with Crippen molar-refractivity contribution < 1.29 is 14.7 Å². The van der Waals surface area contributed by atoms with Crippen LogP contribution in [0.3, 0.4) is 0 Å². The van der Waals surface area contributed by atoms with Crippen LogP contribution in [0, 0.1) is 8.99 Å². The van der Waals surface area contributed by atoms with Crippen molar-refractivity contribution in [3.8, 4) is 0 Å². The lowest BCUT2D eigenvalue weighted by Gasteiger charge is -2.19. The third-order valence-electron chi connectivity index (χ3n) is 2.44. The number of carboxylic acid groups (broad SMARTS) is 1. The Labute approximate surface area is 127 Å². The first kappa shape index (κ1) is 15.4. The highest BCUT2D eigenvalue weighted by Gasteiger charge is 2.27. The monoisotopic (exact) mass is 425 g/mol. The number of halogens is 2. The minimum Gasteiger partial charge on any atom is -0.481 e. The first-order valence-electron chi connectivity index (χ1n) is 5.20. The van der Waals surface area contributed by atoms with E-state index in [0.29, 0.717) is 10.0 Å². The molecule has 0 fully saturated rings. The van der Waals surface area contributed by atoms with Crippen LogP contribution in [-0.4, -0.2) is 23.5 Å². The molecule has 18 heavy (non-hydrogen) atoms. The molecule has 0 saturated heterocycles. The van der Waals surface area contributed by atoms with Gasteiger partial charge in [0.2, 0.25) is 0 Å². The molecule has 1 amide bonds. The number of carbonyl (C=O) groups is 2. The lowest BCUT2D eigenvalue weighted by atomic mass is 9.94. The predicted octanol–water partition coefficient (Wildman–Crippen LogP) is 2.89. The van der Waals surface area contributed by atoms with Gasteiger partial charge in [-0.25, -0.2) is 0 Å². The average molecular weight is 426 g/mol. The quantitative estimate of drug-likeness (QED) is 0.729. The van der Waals surface area contributed by atoms with Crippen LogP contribution in [0.15, 0.2) is 22.7 Å². The molecule has 0 saturated carbocycles. The molecule has 0 bridgehead atoms. The van der Waals surface area contributed by atoms with Crippen LogP contribution < -0.4 is 5.32 Å². The van der Waals surface area contributed by atoms with Gasteiger partial charge >= 0.3 is 5.97 Å². The predicted molar refractivity (Wildman–Crippen MR) is 80.6 cm³/mol. The highest BCUT2D eigenvalue weighted by atomic mass is 127. The molecule has 2 N–H and O–H groups in total. The van der Waals surface area contributed by atoms with E-state index >= 15 is 0 Å². The van der Waals surface area contributed by atoms with Crippen molar-refractivity contribution in [3.05, 3.63) is 31.8 Å². The summed E-state index contributed by atoms with van der Waals surface area (Å²) in [5.74, 6) is -1.22. The highest BCUT2D eigenvalue weighted by Crippen LogP contribution is 2.20. The van der Waals surface area contributed by atoms with Crippen molar-refractivity contribution in [3.63, 3.8) is 0 Å². The summed E-state index contributed by atoms with van der Waals surface area (Å²) in [5.41, 5.74) is -0.479. The number of rotatable bonds is 4. The molecule has 6 heteroatoms. The average Bonchev–Trinajstić information content (AvgIpc) is 2.29. The molecule has 0 aliphatic rings. The van der Waals surface area contributed by atoms with E-state index in [1.165, 1.54) is 0 Å². The second kappa shape index (κ2) is 6.01. The van der Waals surface area contributed by atoms with E-state index in [9.17, 15) is 9.59 Å². The lowest BCUT2D eigenvalue weighted by Crippen LogP contribution is -2.39. The number of nitrogens with one attached hydrogen (secondary N) is 1. The summed E-state index contributed by atoms with van der Waals surface area (Å²) in [7, 11) is 0. The first-order valence-corrected chi connectivity index (χ1v) is 7.08. The van der Waals surface area contributed by atoms with Crippen molar-refractivity contribution in [1.29, 1.82) is 0 Å². The fourth-order valence-electron chi connectivity index (χ4n) is 1.14. The fourth-order valence-corrected chi connectivity index (χ4v) is 2.06. The van der Waals surface area contributed by atoms with Crippen LogP contribution in [0.5, 0.6) is 0 Å². The Morgan fingerprint density at radius 1 is 1.44 bits per heavy atom. The molecule has 0 radical (unpaired) electrons. The van der Waals surface area contributed by atoms with Gasteiger partial charge in [-0.2, -0.15) is 0 Å². The van der Waals surface area contributed by atoms with Gasteiger partial charge in [-0.3, -0.25) is 9.59 Å². The first-order chi connectivity index (χ1) is 8.24. The number of hydrogen-bond acceptors (Lipinski definition) is 2. The second-order valence-corrected chi connectivity index (χ2v) is 6.60. The maximum atomic E-state index is 11.9. The lowest BCUT2D eigenvalue weighted by molar-refractivity contribution is -0.146. The normalized spacial score (nSPS) is 11.1. The van der Waals surface area contributed by atoms with Crippen LogP contribution in [0.1, 0.15) is 24.2 Å². The molecule has 0 heterocycles. The van der Waals surface area contributed by atoms with Crippen LogP contribution in [-0.2, 0) is 4.79 Å². The number of amides is 1. The smallest absolute Gasteiger partial charge is 0.310 e. The zero-order valence-electron chi connectivity index (χ0n) is 9.96. The summed E-state index contributed by atoms with van der Waals surface area (Å²) in [4.78, 5) is 22.9. The molecule has 98 valence electrons. The van der Waals surface area contributed by atoms with Crippen molar-refractivity contribution in [1.82, 2.24) is 5.32 Å². The van der Waals surface area contributed by atoms with E-state index in [1.54, 1.807) is 26.0 Å². The van der Waals surface area contributed by atoms with Crippen LogP contribution in [0.4, 0.5) is 0 Å². The zero-order chi connectivity index (χ0) is 13.9. The maximum Gasteiger partial charge on any atom is 0.310 e. The molecule has 0 spiro atoms. The number of aliphatic carboxylic acids is 1.